The number of aromatic hydroxyl groups is 1. The molecule has 0 aliphatic heterocycles. The Morgan fingerprint density at radius 2 is 1.83 bits per heavy atom. The van der Waals surface area contributed by atoms with Gasteiger partial charge in [-0.1, -0.05) is 22.0 Å². The lowest BCUT2D eigenvalue weighted by molar-refractivity contribution is 0.102. The zero-order valence-electron chi connectivity index (χ0n) is 9.77. The molecule has 2 aromatic carbocycles. The van der Waals surface area contributed by atoms with Crippen LogP contribution < -0.4 is 5.32 Å². The van der Waals surface area contributed by atoms with Crippen LogP contribution in [0.3, 0.4) is 0 Å². The molecule has 1 amide bonds. The van der Waals surface area contributed by atoms with Crippen LogP contribution in [-0.4, -0.2) is 11.0 Å². The van der Waals surface area contributed by atoms with Gasteiger partial charge in [-0.25, -0.2) is 0 Å². The topological polar surface area (TPSA) is 49.3 Å². The molecule has 3 nitrogen and oxygen atoms in total. The number of benzene rings is 2. The van der Waals surface area contributed by atoms with E-state index in [0.717, 1.165) is 10.0 Å². The summed E-state index contributed by atoms with van der Waals surface area (Å²) >= 11 is 3.40. The summed E-state index contributed by atoms with van der Waals surface area (Å²) in [6.45, 7) is 1.96. The number of halogens is 1. The van der Waals surface area contributed by atoms with Crippen molar-refractivity contribution in [3.05, 3.63) is 58.1 Å². The van der Waals surface area contributed by atoms with Crippen molar-refractivity contribution >= 4 is 27.5 Å². The van der Waals surface area contributed by atoms with Gasteiger partial charge in [0.15, 0.2) is 0 Å². The van der Waals surface area contributed by atoms with Crippen molar-refractivity contribution in [1.82, 2.24) is 0 Å². The molecule has 0 spiro atoms. The number of phenols is 1. The molecule has 0 fully saturated rings. The quantitative estimate of drug-likeness (QED) is 0.831. The molecule has 2 rings (SSSR count). The lowest BCUT2D eigenvalue weighted by atomic mass is 10.1. The van der Waals surface area contributed by atoms with Crippen LogP contribution in [0.25, 0.3) is 0 Å². The molecule has 4 heteroatoms. The molecular weight excluding hydrogens is 294 g/mol. The molecule has 0 bridgehead atoms. The van der Waals surface area contributed by atoms with Crippen LogP contribution in [0.5, 0.6) is 5.75 Å². The summed E-state index contributed by atoms with van der Waals surface area (Å²) in [5, 5.41) is 11.9. The van der Waals surface area contributed by atoms with Crippen LogP contribution in [0.4, 0.5) is 5.69 Å². The molecule has 92 valence electrons. The molecule has 0 atom stereocenters. The van der Waals surface area contributed by atoms with E-state index in [0.29, 0.717) is 11.3 Å². The smallest absolute Gasteiger partial charge is 0.255 e. The van der Waals surface area contributed by atoms with Crippen LogP contribution in [0.15, 0.2) is 46.9 Å². The first kappa shape index (κ1) is 12.6. The zero-order chi connectivity index (χ0) is 13.1. The lowest BCUT2D eigenvalue weighted by Crippen LogP contribution is -2.11. The molecule has 2 aromatic rings. The number of hydrogen-bond donors (Lipinski definition) is 2. The summed E-state index contributed by atoms with van der Waals surface area (Å²) in [5.41, 5.74) is 2.31. The minimum absolute atomic E-state index is 0.172. The fraction of sp³-hybridized carbons (Fsp3) is 0.0714. The number of hydrogen-bond acceptors (Lipinski definition) is 2. The number of rotatable bonds is 2. The number of amides is 1. The highest BCUT2D eigenvalue weighted by Gasteiger charge is 2.07. The van der Waals surface area contributed by atoms with Crippen molar-refractivity contribution in [2.24, 2.45) is 0 Å². The molecule has 0 saturated carbocycles. The SMILES string of the molecule is Cc1ccc(C(=O)Nc2ccc(O)cc2)cc1Br. The fourth-order valence-electron chi connectivity index (χ4n) is 1.48. The van der Waals surface area contributed by atoms with Crippen molar-refractivity contribution in [2.45, 2.75) is 6.92 Å². The molecular formula is C14H12BrNO2. The average Bonchev–Trinajstić information content (AvgIpc) is 2.35. The number of phenolic OH excluding ortho intramolecular Hbond substituents is 1. The Morgan fingerprint density at radius 3 is 2.44 bits per heavy atom. The Morgan fingerprint density at radius 1 is 1.17 bits per heavy atom. The Hall–Kier alpha value is -1.81. The highest BCUT2D eigenvalue weighted by atomic mass is 79.9. The number of nitrogens with one attached hydrogen (secondary N) is 1. The van der Waals surface area contributed by atoms with E-state index in [9.17, 15) is 4.79 Å². The molecule has 0 saturated heterocycles. The summed E-state index contributed by atoms with van der Waals surface area (Å²) < 4.78 is 0.904. The van der Waals surface area contributed by atoms with Crippen LogP contribution in [0.1, 0.15) is 15.9 Å². The first-order valence-corrected chi connectivity index (χ1v) is 6.22. The average molecular weight is 306 g/mol. The van der Waals surface area contributed by atoms with Gasteiger partial charge < -0.3 is 10.4 Å². The Labute approximate surface area is 114 Å². The van der Waals surface area contributed by atoms with Crippen molar-refractivity contribution in [2.75, 3.05) is 5.32 Å². The van der Waals surface area contributed by atoms with E-state index in [2.05, 4.69) is 21.2 Å². The van der Waals surface area contributed by atoms with E-state index >= 15 is 0 Å². The summed E-state index contributed by atoms with van der Waals surface area (Å²) in [6.07, 6.45) is 0. The molecule has 0 radical (unpaired) electrons. The predicted octanol–water partition coefficient (Wildman–Crippen LogP) is 3.72. The van der Waals surface area contributed by atoms with Gasteiger partial charge in [-0.2, -0.15) is 0 Å². The fourth-order valence-corrected chi connectivity index (χ4v) is 1.86. The monoisotopic (exact) mass is 305 g/mol. The van der Waals surface area contributed by atoms with E-state index < -0.39 is 0 Å². The first-order valence-electron chi connectivity index (χ1n) is 5.43. The van der Waals surface area contributed by atoms with E-state index in [4.69, 9.17) is 5.11 Å². The molecule has 0 aromatic heterocycles. The molecule has 2 N–H and O–H groups in total. The van der Waals surface area contributed by atoms with E-state index in [-0.39, 0.29) is 11.7 Å². The zero-order valence-corrected chi connectivity index (χ0v) is 11.4. The third-order valence-electron chi connectivity index (χ3n) is 2.56. The predicted molar refractivity (Wildman–Crippen MR) is 74.9 cm³/mol. The number of carbonyl (C=O) groups excluding carboxylic acids is 1. The Kier molecular flexibility index (Phi) is 3.67. The van der Waals surface area contributed by atoms with Crippen LogP contribution in [0.2, 0.25) is 0 Å². The van der Waals surface area contributed by atoms with Crippen molar-refractivity contribution < 1.29 is 9.90 Å². The summed E-state index contributed by atoms with van der Waals surface area (Å²) in [6, 6.07) is 11.8. The molecule has 0 unspecified atom stereocenters. The second kappa shape index (κ2) is 5.23. The van der Waals surface area contributed by atoms with Gasteiger partial charge in [0.2, 0.25) is 0 Å². The summed E-state index contributed by atoms with van der Waals surface area (Å²) in [5.74, 6) is -0.00697. The van der Waals surface area contributed by atoms with Gasteiger partial charge in [-0.15, -0.1) is 0 Å². The molecule has 0 heterocycles. The van der Waals surface area contributed by atoms with E-state index in [1.165, 1.54) is 12.1 Å². The minimum atomic E-state index is -0.179. The van der Waals surface area contributed by atoms with Crippen molar-refractivity contribution in [3.63, 3.8) is 0 Å². The molecule has 18 heavy (non-hydrogen) atoms. The second-order valence-electron chi connectivity index (χ2n) is 3.96. The highest BCUT2D eigenvalue weighted by Crippen LogP contribution is 2.19. The second-order valence-corrected chi connectivity index (χ2v) is 4.82. The normalized spacial score (nSPS) is 10.1. The van der Waals surface area contributed by atoms with Gasteiger partial charge >= 0.3 is 0 Å². The minimum Gasteiger partial charge on any atom is -0.508 e. The van der Waals surface area contributed by atoms with Gasteiger partial charge in [-0.3, -0.25) is 4.79 Å². The van der Waals surface area contributed by atoms with Gasteiger partial charge in [-0.05, 0) is 48.9 Å². The van der Waals surface area contributed by atoms with E-state index in [1.54, 1.807) is 24.3 Å². The van der Waals surface area contributed by atoms with Gasteiger partial charge in [0.1, 0.15) is 5.75 Å². The van der Waals surface area contributed by atoms with Crippen LogP contribution >= 0.6 is 15.9 Å². The summed E-state index contributed by atoms with van der Waals surface area (Å²) in [4.78, 5) is 12.0. The number of aryl methyl sites for hydroxylation is 1. The lowest BCUT2D eigenvalue weighted by Gasteiger charge is -2.06. The largest absolute Gasteiger partial charge is 0.508 e. The highest BCUT2D eigenvalue weighted by molar-refractivity contribution is 9.10. The number of carbonyl (C=O) groups is 1. The van der Waals surface area contributed by atoms with Crippen LogP contribution in [-0.2, 0) is 0 Å². The van der Waals surface area contributed by atoms with Gasteiger partial charge in [0, 0.05) is 15.7 Å². The Bertz CT molecular complexity index is 579. The third-order valence-corrected chi connectivity index (χ3v) is 3.41. The third kappa shape index (κ3) is 2.90. The number of anilines is 1. The Balaban J connectivity index is 2.16. The molecule has 0 aliphatic carbocycles. The van der Waals surface area contributed by atoms with Gasteiger partial charge in [0.25, 0.3) is 5.91 Å². The maximum atomic E-state index is 12.0. The molecule has 0 aliphatic rings. The first-order chi connectivity index (χ1) is 8.56. The summed E-state index contributed by atoms with van der Waals surface area (Å²) in [7, 11) is 0. The maximum Gasteiger partial charge on any atom is 0.255 e. The van der Waals surface area contributed by atoms with E-state index in [1.807, 2.05) is 13.0 Å². The van der Waals surface area contributed by atoms with Crippen molar-refractivity contribution in [1.29, 1.82) is 0 Å². The van der Waals surface area contributed by atoms with Crippen LogP contribution in [0, 0.1) is 6.92 Å². The standard InChI is InChI=1S/C14H12BrNO2/c1-9-2-3-10(8-13(9)15)14(18)16-11-4-6-12(17)7-5-11/h2-8,17H,1H3,(H,16,18). The van der Waals surface area contributed by atoms with Crippen molar-refractivity contribution in [3.8, 4) is 5.75 Å². The van der Waals surface area contributed by atoms with Gasteiger partial charge in [0.05, 0.1) is 0 Å². The maximum absolute atomic E-state index is 12.0.